The van der Waals surface area contributed by atoms with Gasteiger partial charge in [0.15, 0.2) is 5.82 Å². The molecule has 2 rings (SSSR count). The van der Waals surface area contributed by atoms with E-state index in [1.807, 2.05) is 0 Å². The zero-order chi connectivity index (χ0) is 11.7. The molecule has 0 aliphatic heterocycles. The third-order valence-corrected chi connectivity index (χ3v) is 2.32. The molecule has 0 aliphatic carbocycles. The largest absolute Gasteiger partial charge is 0.508 e. The number of hydrogen-bond acceptors (Lipinski definition) is 5. The lowest BCUT2D eigenvalue weighted by Gasteiger charge is -2.05. The Hall–Kier alpha value is -2.24. The molecule has 1 aromatic carbocycles. The van der Waals surface area contributed by atoms with Crippen molar-refractivity contribution < 1.29 is 10.2 Å². The maximum Gasteiger partial charge on any atom is 0.224 e. The number of hydrogen-bond donors (Lipinski definition) is 3. The number of rotatable bonds is 2. The van der Waals surface area contributed by atoms with Crippen LogP contribution in [0.4, 0.5) is 5.95 Å². The van der Waals surface area contributed by atoms with Gasteiger partial charge >= 0.3 is 0 Å². The summed E-state index contributed by atoms with van der Waals surface area (Å²) in [5, 5.41) is 29.7. The van der Waals surface area contributed by atoms with E-state index in [0.717, 1.165) is 0 Å². The van der Waals surface area contributed by atoms with Crippen molar-refractivity contribution in [2.75, 3.05) is 12.4 Å². The zero-order valence-corrected chi connectivity index (χ0v) is 8.97. The van der Waals surface area contributed by atoms with Gasteiger partial charge in [-0.2, -0.15) is 0 Å². The first kappa shape index (κ1) is 10.3. The van der Waals surface area contributed by atoms with E-state index in [0.29, 0.717) is 17.3 Å². The summed E-state index contributed by atoms with van der Waals surface area (Å²) in [5.41, 5.74) is 0.441. The average molecular weight is 220 g/mol. The van der Waals surface area contributed by atoms with Crippen LogP contribution in [0.1, 0.15) is 0 Å². The highest BCUT2D eigenvalue weighted by Gasteiger charge is 2.13. The number of anilines is 1. The van der Waals surface area contributed by atoms with Crippen LogP contribution in [-0.4, -0.2) is 32.0 Å². The first-order valence-corrected chi connectivity index (χ1v) is 4.73. The van der Waals surface area contributed by atoms with Gasteiger partial charge in [-0.25, -0.2) is 0 Å². The molecule has 0 amide bonds. The van der Waals surface area contributed by atoms with Gasteiger partial charge in [-0.15, -0.1) is 10.2 Å². The molecule has 1 heterocycles. The summed E-state index contributed by atoms with van der Waals surface area (Å²) in [6, 6.07) is 4.27. The van der Waals surface area contributed by atoms with Gasteiger partial charge in [0.1, 0.15) is 11.5 Å². The van der Waals surface area contributed by atoms with Crippen molar-refractivity contribution >= 4 is 5.95 Å². The highest BCUT2D eigenvalue weighted by Crippen LogP contribution is 2.31. The third-order valence-electron chi connectivity index (χ3n) is 2.32. The van der Waals surface area contributed by atoms with Gasteiger partial charge in [-0.05, 0) is 18.2 Å². The number of aromatic hydroxyl groups is 2. The number of phenols is 2. The Kier molecular flexibility index (Phi) is 2.40. The third kappa shape index (κ3) is 1.54. The van der Waals surface area contributed by atoms with E-state index in [4.69, 9.17) is 0 Å². The van der Waals surface area contributed by atoms with E-state index in [1.54, 1.807) is 18.7 Å². The molecule has 1 aromatic heterocycles. The SMILES string of the molecule is CNc1nnc(-c2cc(O)ccc2O)n1C. The minimum absolute atomic E-state index is 0.0518. The first-order chi connectivity index (χ1) is 7.63. The van der Waals surface area contributed by atoms with Crippen molar-refractivity contribution in [3.63, 3.8) is 0 Å². The molecule has 0 bridgehead atoms. The van der Waals surface area contributed by atoms with Gasteiger partial charge in [0.2, 0.25) is 5.95 Å². The fourth-order valence-corrected chi connectivity index (χ4v) is 1.48. The number of nitrogens with zero attached hydrogens (tertiary/aromatic N) is 3. The summed E-state index contributed by atoms with van der Waals surface area (Å²) in [6.07, 6.45) is 0. The van der Waals surface area contributed by atoms with E-state index < -0.39 is 0 Å². The lowest BCUT2D eigenvalue weighted by atomic mass is 10.2. The lowest BCUT2D eigenvalue weighted by Crippen LogP contribution is -1.99. The molecule has 6 nitrogen and oxygen atoms in total. The Labute approximate surface area is 92.2 Å². The molecule has 0 saturated heterocycles. The van der Waals surface area contributed by atoms with Crippen LogP contribution in [0.15, 0.2) is 18.2 Å². The second-order valence-electron chi connectivity index (χ2n) is 3.36. The molecule has 0 aliphatic rings. The quantitative estimate of drug-likeness (QED) is 0.656. The van der Waals surface area contributed by atoms with Gasteiger partial charge in [0, 0.05) is 14.1 Å². The van der Waals surface area contributed by atoms with Gasteiger partial charge in [0.05, 0.1) is 5.56 Å². The molecule has 16 heavy (non-hydrogen) atoms. The molecule has 0 atom stereocenters. The minimum Gasteiger partial charge on any atom is -0.508 e. The van der Waals surface area contributed by atoms with Crippen molar-refractivity contribution in [3.8, 4) is 22.9 Å². The summed E-state index contributed by atoms with van der Waals surface area (Å²) in [6.45, 7) is 0. The second kappa shape index (κ2) is 3.73. The summed E-state index contributed by atoms with van der Waals surface area (Å²) in [7, 11) is 3.50. The Morgan fingerprint density at radius 3 is 2.62 bits per heavy atom. The van der Waals surface area contributed by atoms with Crippen LogP contribution in [0.25, 0.3) is 11.4 Å². The smallest absolute Gasteiger partial charge is 0.224 e. The average Bonchev–Trinajstić information content (AvgIpc) is 2.63. The molecule has 0 radical (unpaired) electrons. The van der Waals surface area contributed by atoms with E-state index in [9.17, 15) is 10.2 Å². The highest BCUT2D eigenvalue weighted by molar-refractivity contribution is 5.66. The Bertz CT molecular complexity index is 522. The van der Waals surface area contributed by atoms with Crippen LogP contribution in [-0.2, 0) is 7.05 Å². The lowest BCUT2D eigenvalue weighted by molar-refractivity contribution is 0.461. The van der Waals surface area contributed by atoms with Crippen LogP contribution < -0.4 is 5.32 Å². The predicted molar refractivity (Wildman–Crippen MR) is 59.3 cm³/mol. The van der Waals surface area contributed by atoms with Crippen molar-refractivity contribution in [3.05, 3.63) is 18.2 Å². The Morgan fingerprint density at radius 2 is 2.00 bits per heavy atom. The van der Waals surface area contributed by atoms with E-state index >= 15 is 0 Å². The molecule has 0 saturated carbocycles. The molecule has 2 aromatic rings. The van der Waals surface area contributed by atoms with Crippen LogP contribution in [0.2, 0.25) is 0 Å². The van der Waals surface area contributed by atoms with E-state index in [2.05, 4.69) is 15.5 Å². The molecule has 0 unspecified atom stereocenters. The Morgan fingerprint density at radius 1 is 1.25 bits per heavy atom. The number of phenolic OH excluding ortho intramolecular Hbond substituents is 2. The first-order valence-electron chi connectivity index (χ1n) is 4.73. The van der Waals surface area contributed by atoms with Gasteiger partial charge in [0.25, 0.3) is 0 Å². The molecule has 84 valence electrons. The Balaban J connectivity index is 2.58. The minimum atomic E-state index is 0.0518. The van der Waals surface area contributed by atoms with E-state index in [-0.39, 0.29) is 11.5 Å². The van der Waals surface area contributed by atoms with Crippen molar-refractivity contribution in [1.82, 2.24) is 14.8 Å². The highest BCUT2D eigenvalue weighted by atomic mass is 16.3. The summed E-state index contributed by atoms with van der Waals surface area (Å²) in [5.74, 6) is 1.19. The number of aromatic nitrogens is 3. The normalized spacial score (nSPS) is 10.4. The molecular formula is C10H12N4O2. The zero-order valence-electron chi connectivity index (χ0n) is 8.97. The van der Waals surface area contributed by atoms with Crippen molar-refractivity contribution in [1.29, 1.82) is 0 Å². The maximum atomic E-state index is 9.68. The van der Waals surface area contributed by atoms with Gasteiger partial charge < -0.3 is 15.5 Å². The molecule has 0 fully saturated rings. The van der Waals surface area contributed by atoms with Crippen LogP contribution in [0.3, 0.4) is 0 Å². The predicted octanol–water partition coefficient (Wildman–Crippen LogP) is 0.935. The second-order valence-corrected chi connectivity index (χ2v) is 3.36. The summed E-state index contributed by atoms with van der Waals surface area (Å²) < 4.78 is 1.69. The summed E-state index contributed by atoms with van der Waals surface area (Å²) >= 11 is 0. The van der Waals surface area contributed by atoms with Crippen molar-refractivity contribution in [2.24, 2.45) is 7.05 Å². The topological polar surface area (TPSA) is 83.2 Å². The van der Waals surface area contributed by atoms with Gasteiger partial charge in [-0.3, -0.25) is 4.57 Å². The molecule has 6 heteroatoms. The monoisotopic (exact) mass is 220 g/mol. The fraction of sp³-hybridized carbons (Fsp3) is 0.200. The van der Waals surface area contributed by atoms with Crippen LogP contribution in [0.5, 0.6) is 11.5 Å². The van der Waals surface area contributed by atoms with Crippen molar-refractivity contribution in [2.45, 2.75) is 0 Å². The van der Waals surface area contributed by atoms with Gasteiger partial charge in [-0.1, -0.05) is 0 Å². The molecular weight excluding hydrogens is 208 g/mol. The van der Waals surface area contributed by atoms with Crippen LogP contribution in [0, 0.1) is 0 Å². The fourth-order valence-electron chi connectivity index (χ4n) is 1.48. The number of benzene rings is 1. The standard InChI is InChI=1S/C10H12N4O2/c1-11-10-13-12-9(14(10)2)7-5-6(15)3-4-8(7)16/h3-5,15-16H,1-2H3,(H,11,13). The molecule has 3 N–H and O–H groups in total. The molecule has 0 spiro atoms. The van der Waals surface area contributed by atoms with Crippen LogP contribution >= 0.6 is 0 Å². The summed E-state index contributed by atoms with van der Waals surface area (Å²) in [4.78, 5) is 0. The maximum absolute atomic E-state index is 9.68. The van der Waals surface area contributed by atoms with E-state index in [1.165, 1.54) is 18.2 Å². The number of nitrogens with one attached hydrogen (secondary N) is 1.